The number of fused-ring (bicyclic) bond motifs is 5. The SMILES string of the molecule is O=C(NCCN1CCN2c3ccccc3Cc3ccccc3C2C1)[C@@H]1CSC(c2cccnc2)N1. The fourth-order valence-corrected chi connectivity index (χ4v) is 6.79. The number of hydrogen-bond acceptors (Lipinski definition) is 6. The Hall–Kier alpha value is -2.87. The van der Waals surface area contributed by atoms with Crippen LogP contribution in [0, 0.1) is 0 Å². The molecule has 7 heteroatoms. The van der Waals surface area contributed by atoms with E-state index in [2.05, 4.69) is 80.0 Å². The van der Waals surface area contributed by atoms with Crippen LogP contribution in [0.4, 0.5) is 5.69 Å². The number of rotatable bonds is 5. The molecule has 0 saturated carbocycles. The fourth-order valence-electron chi connectivity index (χ4n) is 5.57. The van der Waals surface area contributed by atoms with Gasteiger partial charge in [0.15, 0.2) is 0 Å². The minimum Gasteiger partial charge on any atom is -0.362 e. The highest BCUT2D eigenvalue weighted by Gasteiger charge is 2.34. The van der Waals surface area contributed by atoms with E-state index < -0.39 is 0 Å². The lowest BCUT2D eigenvalue weighted by Gasteiger charge is -2.43. The van der Waals surface area contributed by atoms with Crippen molar-refractivity contribution in [3.63, 3.8) is 0 Å². The zero-order valence-corrected chi connectivity index (χ0v) is 20.6. The summed E-state index contributed by atoms with van der Waals surface area (Å²) in [6.45, 7) is 4.51. The molecule has 2 N–H and O–H groups in total. The molecule has 3 aliphatic rings. The number of carbonyl (C=O) groups excluding carboxylic acids is 1. The minimum atomic E-state index is -0.160. The van der Waals surface area contributed by atoms with Crippen molar-refractivity contribution in [2.24, 2.45) is 0 Å². The summed E-state index contributed by atoms with van der Waals surface area (Å²) in [5, 5.41) is 6.76. The summed E-state index contributed by atoms with van der Waals surface area (Å²) in [6, 6.07) is 21.9. The number of aromatic nitrogens is 1. The molecule has 2 unspecified atom stereocenters. The summed E-state index contributed by atoms with van der Waals surface area (Å²) < 4.78 is 0. The Labute approximate surface area is 211 Å². The second-order valence-electron chi connectivity index (χ2n) is 9.52. The highest BCUT2D eigenvalue weighted by atomic mass is 32.2. The standard InChI is InChI=1S/C28H31N5OS/c34-27(24-19-35-28(31-24)22-8-5-11-29-17-22)30-12-13-32-14-15-33-25-10-4-2-7-21(25)16-20-6-1-3-9-23(20)26(33)18-32/h1-11,17,24,26,28,31H,12-16,18-19H2,(H,30,34)/t24-,26?,28?/m0/s1. The number of nitrogens with zero attached hydrogens (tertiary/aromatic N) is 3. The number of benzene rings is 2. The van der Waals surface area contributed by atoms with Crippen molar-refractivity contribution in [1.82, 2.24) is 20.5 Å². The van der Waals surface area contributed by atoms with E-state index in [0.717, 1.165) is 43.9 Å². The lowest BCUT2D eigenvalue weighted by molar-refractivity contribution is -0.122. The first-order chi connectivity index (χ1) is 17.3. The van der Waals surface area contributed by atoms with Crippen LogP contribution in [0.2, 0.25) is 0 Å². The molecule has 3 aliphatic heterocycles. The third-order valence-electron chi connectivity index (χ3n) is 7.37. The third kappa shape index (κ3) is 4.68. The third-order valence-corrected chi connectivity index (χ3v) is 8.64. The largest absolute Gasteiger partial charge is 0.362 e. The predicted molar refractivity (Wildman–Crippen MR) is 142 cm³/mol. The van der Waals surface area contributed by atoms with Gasteiger partial charge in [-0.05, 0) is 40.8 Å². The van der Waals surface area contributed by atoms with Crippen LogP contribution >= 0.6 is 11.8 Å². The Kier molecular flexibility index (Phi) is 6.46. The van der Waals surface area contributed by atoms with Gasteiger partial charge in [0.2, 0.25) is 5.91 Å². The van der Waals surface area contributed by atoms with E-state index >= 15 is 0 Å². The van der Waals surface area contributed by atoms with Crippen LogP contribution in [0.3, 0.4) is 0 Å². The quantitative estimate of drug-likeness (QED) is 0.578. The molecule has 1 aromatic heterocycles. The van der Waals surface area contributed by atoms with E-state index in [1.165, 1.54) is 22.4 Å². The van der Waals surface area contributed by atoms with Crippen molar-refractivity contribution in [3.05, 3.63) is 95.3 Å². The van der Waals surface area contributed by atoms with E-state index in [4.69, 9.17) is 0 Å². The summed E-state index contributed by atoms with van der Waals surface area (Å²) in [5.74, 6) is 0.874. The lowest BCUT2D eigenvalue weighted by atomic mass is 9.96. The molecule has 2 aromatic carbocycles. The van der Waals surface area contributed by atoms with Crippen molar-refractivity contribution in [2.45, 2.75) is 23.9 Å². The Morgan fingerprint density at radius 1 is 1.06 bits per heavy atom. The van der Waals surface area contributed by atoms with Crippen molar-refractivity contribution in [3.8, 4) is 0 Å². The topological polar surface area (TPSA) is 60.5 Å². The molecule has 180 valence electrons. The van der Waals surface area contributed by atoms with Crippen molar-refractivity contribution in [2.75, 3.05) is 43.4 Å². The maximum absolute atomic E-state index is 12.8. The van der Waals surface area contributed by atoms with Gasteiger partial charge in [-0.25, -0.2) is 0 Å². The normalized spacial score (nSPS) is 23.7. The molecule has 0 bridgehead atoms. The smallest absolute Gasteiger partial charge is 0.238 e. The highest BCUT2D eigenvalue weighted by Crippen LogP contribution is 2.39. The van der Waals surface area contributed by atoms with Gasteiger partial charge in [0.05, 0.1) is 17.5 Å². The summed E-state index contributed by atoms with van der Waals surface area (Å²) in [7, 11) is 0. The molecule has 0 spiro atoms. The van der Waals surface area contributed by atoms with Gasteiger partial charge in [0.25, 0.3) is 0 Å². The number of amides is 1. The second-order valence-corrected chi connectivity index (χ2v) is 10.7. The fraction of sp³-hybridized carbons (Fsp3) is 0.357. The first kappa shape index (κ1) is 22.6. The molecular formula is C28H31N5OS. The van der Waals surface area contributed by atoms with Crippen LogP contribution in [0.1, 0.15) is 33.7 Å². The maximum Gasteiger partial charge on any atom is 0.238 e. The van der Waals surface area contributed by atoms with E-state index in [1.54, 1.807) is 18.0 Å². The summed E-state index contributed by atoms with van der Waals surface area (Å²) >= 11 is 1.77. The average Bonchev–Trinajstić information content (AvgIpc) is 3.36. The molecule has 2 saturated heterocycles. The van der Waals surface area contributed by atoms with Crippen molar-refractivity contribution < 1.29 is 4.79 Å². The van der Waals surface area contributed by atoms with Gasteiger partial charge in [-0.3, -0.25) is 20.0 Å². The second kappa shape index (κ2) is 10.0. The highest BCUT2D eigenvalue weighted by molar-refractivity contribution is 7.99. The molecule has 1 amide bonds. The van der Waals surface area contributed by atoms with Gasteiger partial charge >= 0.3 is 0 Å². The van der Waals surface area contributed by atoms with Crippen LogP contribution in [0.25, 0.3) is 0 Å². The predicted octanol–water partition coefficient (Wildman–Crippen LogP) is 3.37. The first-order valence-electron chi connectivity index (χ1n) is 12.5. The number of thioether (sulfide) groups is 1. The van der Waals surface area contributed by atoms with E-state index in [0.29, 0.717) is 12.6 Å². The van der Waals surface area contributed by atoms with Crippen LogP contribution in [0.15, 0.2) is 73.1 Å². The molecule has 6 rings (SSSR count). The van der Waals surface area contributed by atoms with Crippen LogP contribution in [-0.2, 0) is 11.2 Å². The molecule has 35 heavy (non-hydrogen) atoms. The Morgan fingerprint density at radius 3 is 2.80 bits per heavy atom. The number of piperazine rings is 1. The number of carbonyl (C=O) groups is 1. The van der Waals surface area contributed by atoms with Crippen molar-refractivity contribution >= 4 is 23.4 Å². The molecular weight excluding hydrogens is 454 g/mol. The summed E-state index contributed by atoms with van der Waals surface area (Å²) in [5.41, 5.74) is 6.77. The number of hydrogen-bond donors (Lipinski definition) is 2. The van der Waals surface area contributed by atoms with Gasteiger partial charge in [-0.1, -0.05) is 48.5 Å². The molecule has 6 nitrogen and oxygen atoms in total. The van der Waals surface area contributed by atoms with Crippen molar-refractivity contribution in [1.29, 1.82) is 0 Å². The zero-order chi connectivity index (χ0) is 23.6. The molecule has 3 atom stereocenters. The van der Waals surface area contributed by atoms with E-state index in [-0.39, 0.29) is 17.3 Å². The number of pyridine rings is 1. The summed E-state index contributed by atoms with van der Waals surface area (Å²) in [4.78, 5) is 22.1. The lowest BCUT2D eigenvalue weighted by Crippen LogP contribution is -2.51. The first-order valence-corrected chi connectivity index (χ1v) is 13.5. The van der Waals surface area contributed by atoms with Gasteiger partial charge < -0.3 is 10.2 Å². The molecule has 0 aliphatic carbocycles. The minimum absolute atomic E-state index is 0.0938. The van der Waals surface area contributed by atoms with Gasteiger partial charge in [0, 0.05) is 56.6 Å². The van der Waals surface area contributed by atoms with Gasteiger partial charge in [-0.15, -0.1) is 11.8 Å². The zero-order valence-electron chi connectivity index (χ0n) is 19.8. The van der Waals surface area contributed by atoms with Gasteiger partial charge in [-0.2, -0.15) is 0 Å². The summed E-state index contributed by atoms with van der Waals surface area (Å²) in [6.07, 6.45) is 4.63. The van der Waals surface area contributed by atoms with E-state index in [1.807, 2.05) is 12.3 Å². The molecule has 4 heterocycles. The number of nitrogens with one attached hydrogen (secondary N) is 2. The number of para-hydroxylation sites is 1. The Balaban J connectivity index is 1.07. The van der Waals surface area contributed by atoms with Crippen LogP contribution in [0.5, 0.6) is 0 Å². The Morgan fingerprint density at radius 2 is 1.91 bits per heavy atom. The Bertz CT molecular complexity index is 1190. The van der Waals surface area contributed by atoms with Crippen LogP contribution in [-0.4, -0.2) is 60.3 Å². The van der Waals surface area contributed by atoms with E-state index in [9.17, 15) is 4.79 Å². The average molecular weight is 486 g/mol. The number of anilines is 1. The molecule has 3 aromatic rings. The molecule has 0 radical (unpaired) electrons. The van der Waals surface area contributed by atoms with Crippen LogP contribution < -0.4 is 15.5 Å². The molecule has 2 fully saturated rings. The monoisotopic (exact) mass is 485 g/mol. The maximum atomic E-state index is 12.8. The van der Waals surface area contributed by atoms with Gasteiger partial charge in [0.1, 0.15) is 0 Å².